The van der Waals surface area contributed by atoms with Crippen molar-refractivity contribution < 1.29 is 13.9 Å². The Morgan fingerprint density at radius 3 is 2.82 bits per heavy atom. The van der Waals surface area contributed by atoms with Crippen LogP contribution in [0.25, 0.3) is 22.1 Å². The Kier molecular flexibility index (Phi) is 5.79. The van der Waals surface area contributed by atoms with Crippen molar-refractivity contribution in [2.75, 3.05) is 33.5 Å². The summed E-state index contributed by atoms with van der Waals surface area (Å²) < 4.78 is 17.7. The average molecular weight is 461 g/mol. The van der Waals surface area contributed by atoms with Gasteiger partial charge in [-0.15, -0.1) is 0 Å². The standard InChI is InChI=1S/C28H32N2O4/c1-32-25-10-3-2-8-20(25)23-17-33-28-21(27(23)31)11-12-26-22(28)16-29(18-34-26)15-19-7-6-14-30-13-5-4-9-24(19)30/h2-3,8,10-12,17,19,24H,4-7,9,13-16,18H2,1H3/t19-,24+/m0/s1. The van der Waals surface area contributed by atoms with Gasteiger partial charge in [0.1, 0.15) is 30.1 Å². The Bertz CT molecular complexity index is 1250. The van der Waals surface area contributed by atoms with Crippen LogP contribution in [0.4, 0.5) is 0 Å². The number of fused-ring (bicyclic) bond motifs is 4. The van der Waals surface area contributed by atoms with E-state index in [9.17, 15) is 4.79 Å². The molecule has 1 aromatic heterocycles. The van der Waals surface area contributed by atoms with E-state index in [1.54, 1.807) is 13.4 Å². The summed E-state index contributed by atoms with van der Waals surface area (Å²) in [5.74, 6) is 2.16. The maximum absolute atomic E-state index is 13.5. The Balaban J connectivity index is 1.30. The van der Waals surface area contributed by atoms with E-state index in [4.69, 9.17) is 13.9 Å². The number of hydrogen-bond donors (Lipinski definition) is 0. The summed E-state index contributed by atoms with van der Waals surface area (Å²) in [7, 11) is 1.61. The zero-order chi connectivity index (χ0) is 23.1. The molecule has 0 spiro atoms. The normalized spacial score (nSPS) is 23.2. The zero-order valence-corrected chi connectivity index (χ0v) is 19.8. The smallest absolute Gasteiger partial charge is 0.200 e. The first-order valence-electron chi connectivity index (χ1n) is 12.5. The fraction of sp³-hybridized carbons (Fsp3) is 0.464. The predicted octanol–water partition coefficient (Wildman–Crippen LogP) is 4.89. The van der Waals surface area contributed by atoms with Crippen molar-refractivity contribution in [3.05, 3.63) is 58.4 Å². The van der Waals surface area contributed by atoms with Crippen molar-refractivity contribution in [3.63, 3.8) is 0 Å². The second-order valence-corrected chi connectivity index (χ2v) is 9.88. The number of ether oxygens (including phenoxy) is 2. The molecule has 6 heteroatoms. The Hall–Kier alpha value is -2.83. The minimum atomic E-state index is -0.0456. The maximum Gasteiger partial charge on any atom is 0.200 e. The lowest BCUT2D eigenvalue weighted by atomic mass is 9.83. The van der Waals surface area contributed by atoms with E-state index in [2.05, 4.69) is 9.80 Å². The second kappa shape index (κ2) is 9.08. The molecule has 0 N–H and O–H groups in total. The lowest BCUT2D eigenvalue weighted by Crippen LogP contribution is -2.51. The second-order valence-electron chi connectivity index (χ2n) is 9.88. The van der Waals surface area contributed by atoms with Crippen LogP contribution in [0.2, 0.25) is 0 Å². The Labute approximate surface area is 200 Å². The van der Waals surface area contributed by atoms with Crippen LogP contribution in [0, 0.1) is 5.92 Å². The highest BCUT2D eigenvalue weighted by atomic mass is 16.5. The first-order chi connectivity index (χ1) is 16.7. The number of piperidine rings is 2. The molecule has 3 aliphatic heterocycles. The van der Waals surface area contributed by atoms with Gasteiger partial charge in [-0.1, -0.05) is 24.6 Å². The fourth-order valence-corrected chi connectivity index (χ4v) is 6.25. The van der Waals surface area contributed by atoms with E-state index in [1.165, 1.54) is 45.2 Å². The van der Waals surface area contributed by atoms with E-state index in [0.29, 0.717) is 41.0 Å². The average Bonchev–Trinajstić information content (AvgIpc) is 2.89. The Morgan fingerprint density at radius 1 is 1.03 bits per heavy atom. The summed E-state index contributed by atoms with van der Waals surface area (Å²) in [5, 5.41) is 0.587. The van der Waals surface area contributed by atoms with Crippen LogP contribution in [-0.2, 0) is 6.54 Å². The summed E-state index contributed by atoms with van der Waals surface area (Å²) in [6.07, 6.45) is 8.16. The minimum absolute atomic E-state index is 0.0456. The van der Waals surface area contributed by atoms with Gasteiger partial charge in [0, 0.05) is 24.7 Å². The number of nitrogens with zero attached hydrogens (tertiary/aromatic N) is 2. The van der Waals surface area contributed by atoms with E-state index in [1.807, 2.05) is 36.4 Å². The molecule has 6 nitrogen and oxygen atoms in total. The highest BCUT2D eigenvalue weighted by Crippen LogP contribution is 2.36. The SMILES string of the molecule is COc1ccccc1-c1coc2c3c(ccc2c1=O)OCN(C[C@@H]1CCCN2CCCC[C@H]12)C3. The molecule has 3 aromatic rings. The summed E-state index contributed by atoms with van der Waals surface area (Å²) in [4.78, 5) is 18.6. The van der Waals surface area contributed by atoms with E-state index in [0.717, 1.165) is 30.0 Å². The molecule has 0 bridgehead atoms. The zero-order valence-electron chi connectivity index (χ0n) is 19.8. The minimum Gasteiger partial charge on any atom is -0.496 e. The van der Waals surface area contributed by atoms with Gasteiger partial charge >= 0.3 is 0 Å². The number of rotatable bonds is 4. The first-order valence-corrected chi connectivity index (χ1v) is 12.5. The molecule has 0 unspecified atom stereocenters. The summed E-state index contributed by atoms with van der Waals surface area (Å²) >= 11 is 0. The molecular weight excluding hydrogens is 428 g/mol. The Morgan fingerprint density at radius 2 is 1.91 bits per heavy atom. The van der Waals surface area contributed by atoms with Gasteiger partial charge in [-0.05, 0) is 62.9 Å². The van der Waals surface area contributed by atoms with Crippen molar-refractivity contribution in [2.45, 2.75) is 44.7 Å². The van der Waals surface area contributed by atoms with E-state index < -0.39 is 0 Å². The van der Waals surface area contributed by atoms with Crippen LogP contribution in [-0.4, -0.2) is 49.3 Å². The maximum atomic E-state index is 13.5. The quantitative estimate of drug-likeness (QED) is 0.553. The van der Waals surface area contributed by atoms with Gasteiger partial charge in [0.15, 0.2) is 0 Å². The van der Waals surface area contributed by atoms with E-state index in [-0.39, 0.29) is 5.43 Å². The summed E-state index contributed by atoms with van der Waals surface area (Å²) in [5.41, 5.74) is 2.82. The van der Waals surface area contributed by atoms with Gasteiger partial charge in [-0.2, -0.15) is 0 Å². The monoisotopic (exact) mass is 460 g/mol. The van der Waals surface area contributed by atoms with Gasteiger partial charge in [0.05, 0.1) is 23.6 Å². The molecule has 2 fully saturated rings. The van der Waals surface area contributed by atoms with Crippen LogP contribution in [0.5, 0.6) is 11.5 Å². The lowest BCUT2D eigenvalue weighted by Gasteiger charge is -2.46. The molecule has 3 aliphatic rings. The third kappa shape index (κ3) is 3.79. The third-order valence-corrected chi connectivity index (χ3v) is 7.90. The first kappa shape index (κ1) is 21.7. The fourth-order valence-electron chi connectivity index (χ4n) is 6.25. The molecule has 2 atom stereocenters. The van der Waals surface area contributed by atoms with Crippen LogP contribution in [0.1, 0.15) is 37.7 Å². The van der Waals surface area contributed by atoms with Gasteiger partial charge in [0.2, 0.25) is 5.43 Å². The lowest BCUT2D eigenvalue weighted by molar-refractivity contribution is 0.0146. The number of hydrogen-bond acceptors (Lipinski definition) is 6. The van der Waals surface area contributed by atoms with Crippen LogP contribution in [0.3, 0.4) is 0 Å². The number of para-hydroxylation sites is 1. The summed E-state index contributed by atoms with van der Waals surface area (Å²) in [6.45, 7) is 4.87. The van der Waals surface area contributed by atoms with Gasteiger partial charge in [-0.3, -0.25) is 9.69 Å². The van der Waals surface area contributed by atoms with Crippen molar-refractivity contribution in [1.29, 1.82) is 0 Å². The van der Waals surface area contributed by atoms with Gasteiger partial charge < -0.3 is 18.8 Å². The molecule has 0 radical (unpaired) electrons. The largest absolute Gasteiger partial charge is 0.496 e. The molecule has 2 saturated heterocycles. The van der Waals surface area contributed by atoms with Crippen molar-refractivity contribution >= 4 is 11.0 Å². The number of benzene rings is 2. The topological polar surface area (TPSA) is 55.2 Å². The highest BCUT2D eigenvalue weighted by Gasteiger charge is 2.35. The predicted molar refractivity (Wildman–Crippen MR) is 132 cm³/mol. The van der Waals surface area contributed by atoms with Crippen LogP contribution < -0.4 is 14.9 Å². The third-order valence-electron chi connectivity index (χ3n) is 7.90. The molecule has 178 valence electrons. The molecule has 0 saturated carbocycles. The highest BCUT2D eigenvalue weighted by molar-refractivity contribution is 5.86. The van der Waals surface area contributed by atoms with Crippen LogP contribution in [0.15, 0.2) is 51.9 Å². The van der Waals surface area contributed by atoms with Gasteiger partial charge in [-0.25, -0.2) is 0 Å². The molecule has 0 amide bonds. The molecule has 0 aliphatic carbocycles. The van der Waals surface area contributed by atoms with Crippen molar-refractivity contribution in [2.24, 2.45) is 5.92 Å². The molecule has 6 rings (SSSR count). The van der Waals surface area contributed by atoms with Crippen molar-refractivity contribution in [3.8, 4) is 22.6 Å². The molecular formula is C28H32N2O4. The van der Waals surface area contributed by atoms with Crippen LogP contribution >= 0.6 is 0 Å². The molecule has 4 heterocycles. The number of methoxy groups -OCH3 is 1. The van der Waals surface area contributed by atoms with E-state index >= 15 is 0 Å². The van der Waals surface area contributed by atoms with Gasteiger partial charge in [0.25, 0.3) is 0 Å². The molecule has 34 heavy (non-hydrogen) atoms. The molecule has 2 aromatic carbocycles. The van der Waals surface area contributed by atoms with Crippen molar-refractivity contribution in [1.82, 2.24) is 9.80 Å². The summed E-state index contributed by atoms with van der Waals surface area (Å²) in [6, 6.07) is 12.0.